The average Bonchev–Trinajstić information content (AvgIpc) is 2.46. The summed E-state index contributed by atoms with van der Waals surface area (Å²) < 4.78 is 0. The Balaban J connectivity index is 2.41. The number of hydrogen-bond donors (Lipinski definition) is 0. The Morgan fingerprint density at radius 2 is 1.37 bits per heavy atom. The highest BCUT2D eigenvalue weighted by Crippen LogP contribution is 2.61. The fourth-order valence-electron chi connectivity index (χ4n) is 2.05. The second kappa shape index (κ2) is 6.32. The van der Waals surface area contributed by atoms with Crippen LogP contribution in [-0.2, 0) is 4.79 Å². The Kier molecular flexibility index (Phi) is 4.74. The van der Waals surface area contributed by atoms with Crippen LogP contribution >= 0.6 is 17.9 Å². The summed E-state index contributed by atoms with van der Waals surface area (Å²) in [6, 6.07) is 20.2. The third-order valence-electron chi connectivity index (χ3n) is 3.10. The second-order valence-corrected chi connectivity index (χ2v) is 9.21. The summed E-state index contributed by atoms with van der Waals surface area (Å²) in [5.74, 6) is 0.192. The zero-order valence-electron chi connectivity index (χ0n) is 10.9. The van der Waals surface area contributed by atoms with Crippen LogP contribution in [0.25, 0.3) is 0 Å². The van der Waals surface area contributed by atoms with E-state index in [-0.39, 0.29) is 5.78 Å². The lowest BCUT2D eigenvalue weighted by Gasteiger charge is -2.18. The van der Waals surface area contributed by atoms with Crippen molar-refractivity contribution in [2.75, 3.05) is 6.16 Å². The highest BCUT2D eigenvalue weighted by molar-refractivity contribution is 8.09. The fourth-order valence-corrected chi connectivity index (χ4v) is 5.70. The Hall–Kier alpha value is -1.17. The van der Waals surface area contributed by atoms with Crippen LogP contribution in [0.4, 0.5) is 0 Å². The van der Waals surface area contributed by atoms with E-state index in [1.54, 1.807) is 6.92 Å². The third kappa shape index (κ3) is 3.43. The van der Waals surface area contributed by atoms with Crippen molar-refractivity contribution in [3.8, 4) is 0 Å². The van der Waals surface area contributed by atoms with Crippen molar-refractivity contribution in [2.24, 2.45) is 0 Å². The summed E-state index contributed by atoms with van der Waals surface area (Å²) in [5.41, 5.74) is 0. The van der Waals surface area contributed by atoms with Gasteiger partial charge < -0.3 is 0 Å². The lowest BCUT2D eigenvalue weighted by molar-refractivity contribution is -0.116. The van der Waals surface area contributed by atoms with E-state index < -0.39 is 6.62 Å². The van der Waals surface area contributed by atoms with Gasteiger partial charge in [0.05, 0.1) is 17.4 Å². The van der Waals surface area contributed by atoms with Crippen LogP contribution in [0.5, 0.6) is 0 Å². The summed E-state index contributed by atoms with van der Waals surface area (Å²) in [7, 11) is 0. The standard InChI is InChI=1S/C16H17ClOP/c1-14(18)12-13-19(17,15-8-4-2-5-9-15)16-10-6-3-7-11-16/h2-11H,12-13H2,1H3/q+1. The Morgan fingerprint density at radius 3 is 1.74 bits per heavy atom. The molecule has 0 saturated heterocycles. The minimum atomic E-state index is -1.98. The van der Waals surface area contributed by atoms with Gasteiger partial charge in [0.2, 0.25) is 0 Å². The molecule has 0 unspecified atom stereocenters. The molecule has 2 aromatic rings. The first-order chi connectivity index (χ1) is 9.13. The molecule has 0 N–H and O–H groups in total. The highest BCUT2D eigenvalue weighted by atomic mass is 35.7. The molecule has 2 aromatic carbocycles. The van der Waals surface area contributed by atoms with Gasteiger partial charge in [-0.05, 0) is 31.2 Å². The Labute approximate surface area is 119 Å². The maximum absolute atomic E-state index is 11.3. The van der Waals surface area contributed by atoms with Gasteiger partial charge >= 0.3 is 0 Å². The molecule has 3 heteroatoms. The molecular formula is C16H17ClOP+. The van der Waals surface area contributed by atoms with Crippen LogP contribution in [0.3, 0.4) is 0 Å². The molecule has 0 fully saturated rings. The van der Waals surface area contributed by atoms with Crippen LogP contribution in [0.1, 0.15) is 13.3 Å². The van der Waals surface area contributed by atoms with E-state index in [0.29, 0.717) is 6.42 Å². The van der Waals surface area contributed by atoms with Crippen molar-refractivity contribution in [3.05, 3.63) is 60.7 Å². The molecule has 0 spiro atoms. The molecule has 0 heterocycles. The van der Waals surface area contributed by atoms with E-state index in [2.05, 4.69) is 24.3 Å². The molecular weight excluding hydrogens is 275 g/mol. The molecule has 0 amide bonds. The van der Waals surface area contributed by atoms with Gasteiger partial charge in [0.1, 0.15) is 16.4 Å². The summed E-state index contributed by atoms with van der Waals surface area (Å²) in [6.45, 7) is -0.354. The molecule has 2 rings (SSSR count). The number of rotatable bonds is 5. The number of ketones is 1. The Morgan fingerprint density at radius 1 is 0.947 bits per heavy atom. The molecule has 0 aliphatic rings. The molecule has 0 atom stereocenters. The first-order valence-corrected chi connectivity index (χ1v) is 9.19. The summed E-state index contributed by atoms with van der Waals surface area (Å²) in [6.07, 6.45) is 1.25. The lowest BCUT2D eigenvalue weighted by atomic mass is 10.3. The van der Waals surface area contributed by atoms with E-state index in [0.717, 1.165) is 16.8 Å². The topological polar surface area (TPSA) is 17.1 Å². The number of hydrogen-bond acceptors (Lipinski definition) is 1. The van der Waals surface area contributed by atoms with Gasteiger partial charge in [-0.2, -0.15) is 0 Å². The lowest BCUT2D eigenvalue weighted by Crippen LogP contribution is -2.21. The van der Waals surface area contributed by atoms with Crippen LogP contribution in [0, 0.1) is 0 Å². The van der Waals surface area contributed by atoms with Crippen molar-refractivity contribution in [1.82, 2.24) is 0 Å². The smallest absolute Gasteiger partial charge is 0.178 e. The zero-order valence-corrected chi connectivity index (χ0v) is 12.6. The highest BCUT2D eigenvalue weighted by Gasteiger charge is 2.41. The Bertz CT molecular complexity index is 500. The van der Waals surface area contributed by atoms with Gasteiger partial charge in [0, 0.05) is 6.42 Å². The van der Waals surface area contributed by atoms with Gasteiger partial charge in [0.15, 0.2) is 6.62 Å². The van der Waals surface area contributed by atoms with Crippen LogP contribution in [0.2, 0.25) is 0 Å². The summed E-state index contributed by atoms with van der Waals surface area (Å²) >= 11 is 6.99. The first-order valence-electron chi connectivity index (χ1n) is 6.31. The van der Waals surface area contributed by atoms with Crippen molar-refractivity contribution in [3.63, 3.8) is 0 Å². The average molecular weight is 292 g/mol. The quantitative estimate of drug-likeness (QED) is 0.766. The minimum Gasteiger partial charge on any atom is -0.300 e. The summed E-state index contributed by atoms with van der Waals surface area (Å²) in [4.78, 5) is 11.3. The largest absolute Gasteiger partial charge is 0.300 e. The van der Waals surface area contributed by atoms with Gasteiger partial charge in [-0.1, -0.05) is 36.4 Å². The molecule has 0 saturated carbocycles. The molecule has 0 radical (unpaired) electrons. The van der Waals surface area contributed by atoms with Crippen molar-refractivity contribution in [2.45, 2.75) is 13.3 Å². The second-order valence-electron chi connectivity index (χ2n) is 4.56. The van der Waals surface area contributed by atoms with Gasteiger partial charge in [-0.3, -0.25) is 4.79 Å². The van der Waals surface area contributed by atoms with Gasteiger partial charge in [0.25, 0.3) is 0 Å². The number of halogens is 1. The molecule has 0 aliphatic carbocycles. The van der Waals surface area contributed by atoms with Crippen molar-refractivity contribution in [1.29, 1.82) is 0 Å². The van der Waals surface area contributed by atoms with Crippen molar-refractivity contribution >= 4 is 34.2 Å². The molecule has 19 heavy (non-hydrogen) atoms. The molecule has 1 nitrogen and oxygen atoms in total. The summed E-state index contributed by atoms with van der Waals surface area (Å²) in [5, 5.41) is 2.29. The van der Waals surface area contributed by atoms with E-state index in [4.69, 9.17) is 11.2 Å². The maximum Gasteiger partial charge on any atom is 0.178 e. The van der Waals surface area contributed by atoms with Crippen LogP contribution in [0.15, 0.2) is 60.7 Å². The predicted octanol–water partition coefficient (Wildman–Crippen LogP) is 3.79. The minimum absolute atomic E-state index is 0.192. The third-order valence-corrected chi connectivity index (χ3v) is 7.85. The van der Waals surface area contributed by atoms with Crippen LogP contribution < -0.4 is 10.6 Å². The van der Waals surface area contributed by atoms with Gasteiger partial charge in [-0.15, -0.1) is 0 Å². The number of carbonyl (C=O) groups excluding carboxylic acids is 1. The van der Waals surface area contributed by atoms with E-state index in [1.807, 2.05) is 36.4 Å². The van der Waals surface area contributed by atoms with Crippen molar-refractivity contribution < 1.29 is 4.79 Å². The van der Waals surface area contributed by atoms with Gasteiger partial charge in [-0.25, -0.2) is 0 Å². The molecule has 0 bridgehead atoms. The number of carbonyl (C=O) groups is 1. The monoisotopic (exact) mass is 291 g/mol. The SMILES string of the molecule is CC(=O)CC[P+](Cl)(c1ccccc1)c1ccccc1. The van der Waals surface area contributed by atoms with Crippen LogP contribution in [-0.4, -0.2) is 11.9 Å². The maximum atomic E-state index is 11.3. The fraction of sp³-hybridized carbons (Fsp3) is 0.188. The number of benzene rings is 2. The molecule has 0 aliphatic heterocycles. The zero-order chi connectivity index (χ0) is 13.7. The normalized spacial score (nSPS) is 11.3. The van der Waals surface area contributed by atoms with E-state index >= 15 is 0 Å². The molecule has 0 aromatic heterocycles. The first kappa shape index (κ1) is 14.2. The van der Waals surface area contributed by atoms with E-state index in [9.17, 15) is 4.79 Å². The predicted molar refractivity (Wildman–Crippen MR) is 85.1 cm³/mol. The van der Waals surface area contributed by atoms with E-state index in [1.165, 1.54) is 0 Å². The number of Topliss-reactive ketones (excluding diaryl/α,β-unsaturated/α-hetero) is 1. The molecule has 98 valence electrons.